The summed E-state index contributed by atoms with van der Waals surface area (Å²) in [5.41, 5.74) is -0.531. The molecule has 92 valence electrons. The van der Waals surface area contributed by atoms with E-state index < -0.39 is 26.3 Å². The fraction of sp³-hybridized carbons (Fsp3) is 0. The molecule has 6 nitrogen and oxygen atoms in total. The third-order valence-electron chi connectivity index (χ3n) is 2.11. The molecule has 8 heteroatoms. The number of imidazole rings is 1. The van der Waals surface area contributed by atoms with Crippen LogP contribution in [0.2, 0.25) is 0 Å². The topological polar surface area (TPSA) is 98.6 Å². The third-order valence-corrected chi connectivity index (χ3v) is 3.49. The van der Waals surface area contributed by atoms with Crippen molar-refractivity contribution in [2.24, 2.45) is 0 Å². The van der Waals surface area contributed by atoms with Crippen molar-refractivity contribution in [1.82, 2.24) is 9.97 Å². The van der Waals surface area contributed by atoms with E-state index in [1.165, 1.54) is 24.5 Å². The van der Waals surface area contributed by atoms with Crippen LogP contribution in [0.1, 0.15) is 5.56 Å². The van der Waals surface area contributed by atoms with Gasteiger partial charge in [-0.05, 0) is 12.1 Å². The normalized spacial score (nSPS) is 10.9. The molecule has 2 N–H and O–H groups in total. The maximum Gasteiger partial charge on any atom is 0.265 e. The van der Waals surface area contributed by atoms with Crippen LogP contribution >= 0.6 is 0 Å². The number of aromatic nitrogens is 2. The number of nitrogens with zero attached hydrogens (tertiary/aromatic N) is 2. The van der Waals surface area contributed by atoms with E-state index in [9.17, 15) is 12.8 Å². The second-order valence-corrected chi connectivity index (χ2v) is 4.92. The Morgan fingerprint density at radius 3 is 2.83 bits per heavy atom. The monoisotopic (exact) mass is 266 g/mol. The van der Waals surface area contributed by atoms with Gasteiger partial charge in [0.1, 0.15) is 22.3 Å². The van der Waals surface area contributed by atoms with E-state index in [0.717, 1.165) is 12.1 Å². The molecule has 2 aromatic rings. The minimum absolute atomic E-state index is 0.0110. The first-order chi connectivity index (χ1) is 8.54. The van der Waals surface area contributed by atoms with Crippen molar-refractivity contribution in [2.75, 3.05) is 4.72 Å². The van der Waals surface area contributed by atoms with Gasteiger partial charge < -0.3 is 4.98 Å². The zero-order valence-corrected chi connectivity index (χ0v) is 9.70. The van der Waals surface area contributed by atoms with Crippen LogP contribution in [0, 0.1) is 17.1 Å². The standard InChI is InChI=1S/C10H7FN4O2S/c11-8-2-1-3-9(7(8)6-12)18(16,17)15-10-13-4-5-14-10/h1-5H,(H2,13,14,15). The molecule has 2 rings (SSSR count). The quantitative estimate of drug-likeness (QED) is 0.872. The second-order valence-electron chi connectivity index (χ2n) is 3.27. The summed E-state index contributed by atoms with van der Waals surface area (Å²) < 4.78 is 39.3. The number of halogens is 1. The highest BCUT2D eigenvalue weighted by Gasteiger charge is 2.21. The second kappa shape index (κ2) is 4.46. The Labute approximate surface area is 102 Å². The highest BCUT2D eigenvalue weighted by atomic mass is 32.2. The van der Waals surface area contributed by atoms with Gasteiger partial charge in [0.25, 0.3) is 10.0 Å². The first kappa shape index (κ1) is 12.1. The van der Waals surface area contributed by atoms with Crippen LogP contribution in [0.4, 0.5) is 10.3 Å². The van der Waals surface area contributed by atoms with E-state index in [0.29, 0.717) is 0 Å². The average Bonchev–Trinajstić information content (AvgIpc) is 2.80. The maximum absolute atomic E-state index is 13.3. The number of hydrogen-bond donors (Lipinski definition) is 2. The van der Waals surface area contributed by atoms with Crippen molar-refractivity contribution in [1.29, 1.82) is 5.26 Å². The summed E-state index contributed by atoms with van der Waals surface area (Å²) in [5.74, 6) is -0.900. The highest BCUT2D eigenvalue weighted by molar-refractivity contribution is 7.92. The third kappa shape index (κ3) is 2.16. The highest BCUT2D eigenvalue weighted by Crippen LogP contribution is 2.19. The molecule has 1 heterocycles. The van der Waals surface area contributed by atoms with Crippen LogP contribution in [-0.4, -0.2) is 18.4 Å². The van der Waals surface area contributed by atoms with E-state index in [4.69, 9.17) is 5.26 Å². The number of nitriles is 1. The zero-order chi connectivity index (χ0) is 13.2. The summed E-state index contributed by atoms with van der Waals surface area (Å²) in [7, 11) is -4.05. The van der Waals surface area contributed by atoms with Gasteiger partial charge in [0.15, 0.2) is 0 Å². The van der Waals surface area contributed by atoms with Gasteiger partial charge in [0.2, 0.25) is 5.95 Å². The Balaban J connectivity index is 2.49. The molecule has 0 spiro atoms. The number of sulfonamides is 1. The Morgan fingerprint density at radius 2 is 2.22 bits per heavy atom. The number of benzene rings is 1. The minimum atomic E-state index is -4.05. The van der Waals surface area contributed by atoms with Gasteiger partial charge in [-0.15, -0.1) is 0 Å². The molecule has 0 fully saturated rings. The van der Waals surface area contributed by atoms with Crippen LogP contribution in [0.15, 0.2) is 35.5 Å². The predicted molar refractivity (Wildman–Crippen MR) is 60.5 cm³/mol. The van der Waals surface area contributed by atoms with Gasteiger partial charge in [-0.2, -0.15) is 5.26 Å². The molecule has 0 aliphatic rings. The Kier molecular flexibility index (Phi) is 2.99. The van der Waals surface area contributed by atoms with Gasteiger partial charge in [-0.3, -0.25) is 0 Å². The summed E-state index contributed by atoms with van der Waals surface area (Å²) in [6, 6.07) is 4.90. The van der Waals surface area contributed by atoms with Gasteiger partial charge in [-0.1, -0.05) is 6.07 Å². The Morgan fingerprint density at radius 1 is 1.44 bits per heavy atom. The van der Waals surface area contributed by atoms with Crippen molar-refractivity contribution >= 4 is 16.0 Å². The molecular formula is C10H7FN4O2S. The number of hydrogen-bond acceptors (Lipinski definition) is 4. The molecule has 0 amide bonds. The lowest BCUT2D eigenvalue weighted by atomic mass is 10.2. The van der Waals surface area contributed by atoms with E-state index in [-0.39, 0.29) is 5.95 Å². The van der Waals surface area contributed by atoms with Crippen LogP contribution < -0.4 is 4.72 Å². The first-order valence-corrected chi connectivity index (χ1v) is 6.24. The van der Waals surface area contributed by atoms with Crippen LogP contribution in [0.3, 0.4) is 0 Å². The van der Waals surface area contributed by atoms with Gasteiger partial charge in [-0.25, -0.2) is 22.5 Å². The maximum atomic E-state index is 13.3. The van der Waals surface area contributed by atoms with Crippen molar-refractivity contribution in [2.45, 2.75) is 4.90 Å². The molecule has 0 unspecified atom stereocenters. The SMILES string of the molecule is N#Cc1c(F)cccc1S(=O)(=O)Nc1ncc[nH]1. The average molecular weight is 266 g/mol. The first-order valence-electron chi connectivity index (χ1n) is 4.75. The summed E-state index contributed by atoms with van der Waals surface area (Å²) in [4.78, 5) is 5.79. The number of aromatic amines is 1. The van der Waals surface area contributed by atoms with Crippen molar-refractivity contribution in [3.05, 3.63) is 42.0 Å². The molecule has 1 aromatic carbocycles. The largest absolute Gasteiger partial charge is 0.330 e. The van der Waals surface area contributed by atoms with Gasteiger partial charge >= 0.3 is 0 Å². The number of anilines is 1. The fourth-order valence-electron chi connectivity index (χ4n) is 1.34. The summed E-state index contributed by atoms with van der Waals surface area (Å²) in [6.45, 7) is 0. The van der Waals surface area contributed by atoms with E-state index in [2.05, 4.69) is 14.7 Å². The Hall–Kier alpha value is -2.40. The molecule has 0 atom stereocenters. The van der Waals surface area contributed by atoms with Gasteiger partial charge in [0, 0.05) is 12.4 Å². The number of rotatable bonds is 3. The molecular weight excluding hydrogens is 259 g/mol. The lowest BCUT2D eigenvalue weighted by Crippen LogP contribution is -2.15. The van der Waals surface area contributed by atoms with E-state index in [1.54, 1.807) is 0 Å². The molecule has 18 heavy (non-hydrogen) atoms. The smallest absolute Gasteiger partial charge is 0.265 e. The van der Waals surface area contributed by atoms with Crippen LogP contribution in [0.25, 0.3) is 0 Å². The Bertz CT molecular complexity index is 704. The fourth-order valence-corrected chi connectivity index (χ4v) is 2.49. The summed E-state index contributed by atoms with van der Waals surface area (Å²) >= 11 is 0. The molecule has 0 saturated carbocycles. The summed E-state index contributed by atoms with van der Waals surface area (Å²) in [6.07, 6.45) is 2.78. The molecule has 0 aliphatic heterocycles. The number of nitrogens with one attached hydrogen (secondary N) is 2. The molecule has 0 radical (unpaired) electrons. The van der Waals surface area contributed by atoms with E-state index in [1.807, 2.05) is 0 Å². The lowest BCUT2D eigenvalue weighted by molar-refractivity contribution is 0.593. The van der Waals surface area contributed by atoms with Crippen molar-refractivity contribution < 1.29 is 12.8 Å². The van der Waals surface area contributed by atoms with E-state index >= 15 is 0 Å². The van der Waals surface area contributed by atoms with Gasteiger partial charge in [0.05, 0.1) is 0 Å². The van der Waals surface area contributed by atoms with Crippen LogP contribution in [0.5, 0.6) is 0 Å². The zero-order valence-electron chi connectivity index (χ0n) is 8.88. The predicted octanol–water partition coefficient (Wildman–Crippen LogP) is 1.22. The molecule has 0 aliphatic carbocycles. The van der Waals surface area contributed by atoms with Crippen LogP contribution in [-0.2, 0) is 10.0 Å². The lowest BCUT2D eigenvalue weighted by Gasteiger charge is -2.07. The minimum Gasteiger partial charge on any atom is -0.330 e. The molecule has 0 saturated heterocycles. The number of H-pyrrole nitrogens is 1. The van der Waals surface area contributed by atoms with Crippen molar-refractivity contribution in [3.63, 3.8) is 0 Å². The van der Waals surface area contributed by atoms with Crippen molar-refractivity contribution in [3.8, 4) is 6.07 Å². The molecule has 1 aromatic heterocycles. The molecule has 0 bridgehead atoms. The summed E-state index contributed by atoms with van der Waals surface area (Å²) in [5, 5.41) is 8.78.